The smallest absolute Gasteiger partial charge is 0.338 e. The van der Waals surface area contributed by atoms with Gasteiger partial charge in [-0.2, -0.15) is 0 Å². The highest BCUT2D eigenvalue weighted by Gasteiger charge is 2.11. The summed E-state index contributed by atoms with van der Waals surface area (Å²) < 4.78 is 11.0. The summed E-state index contributed by atoms with van der Waals surface area (Å²) in [6.07, 6.45) is 11.0. The van der Waals surface area contributed by atoms with E-state index in [1.165, 1.54) is 34.8 Å². The zero-order chi connectivity index (χ0) is 26.5. The summed E-state index contributed by atoms with van der Waals surface area (Å²) in [6, 6.07) is 23.3. The summed E-state index contributed by atoms with van der Waals surface area (Å²) >= 11 is 0. The van der Waals surface area contributed by atoms with Crippen LogP contribution >= 0.6 is 0 Å². The van der Waals surface area contributed by atoms with Crippen molar-refractivity contribution in [3.8, 4) is 28.0 Å². The Bertz CT molecular complexity index is 1240. The molecule has 4 nitrogen and oxygen atoms in total. The van der Waals surface area contributed by atoms with Crippen molar-refractivity contribution >= 4 is 5.97 Å². The van der Waals surface area contributed by atoms with Gasteiger partial charge in [0.25, 0.3) is 0 Å². The van der Waals surface area contributed by atoms with Crippen molar-refractivity contribution in [1.82, 2.24) is 0 Å². The molecule has 0 aliphatic heterocycles. The minimum Gasteiger partial charge on any atom is -0.461 e. The molecule has 0 atom stereocenters. The van der Waals surface area contributed by atoms with Crippen molar-refractivity contribution < 1.29 is 19.4 Å². The average Bonchev–Trinajstić information content (AvgIpc) is 2.92. The molecule has 1 N–H and O–H groups in total. The normalized spacial score (nSPS) is 11.2. The van der Waals surface area contributed by atoms with Crippen LogP contribution in [-0.2, 0) is 22.4 Å². The van der Waals surface area contributed by atoms with Gasteiger partial charge in [0, 0.05) is 12.2 Å². The lowest BCUT2D eigenvalue weighted by Crippen LogP contribution is -2.00. The van der Waals surface area contributed by atoms with Crippen molar-refractivity contribution in [3.05, 3.63) is 115 Å². The minimum absolute atomic E-state index is 0.149. The molecule has 3 rings (SSSR count). The number of rotatable bonds is 13. The molecular weight excluding hydrogens is 460 g/mol. The van der Waals surface area contributed by atoms with E-state index in [-0.39, 0.29) is 6.61 Å². The van der Waals surface area contributed by atoms with E-state index in [1.54, 1.807) is 6.92 Å². The second-order valence-corrected chi connectivity index (χ2v) is 8.91. The predicted octanol–water partition coefficient (Wildman–Crippen LogP) is 7.81. The summed E-state index contributed by atoms with van der Waals surface area (Å²) in [5, 5.41) is 8.98. The van der Waals surface area contributed by atoms with Gasteiger partial charge >= 0.3 is 5.97 Å². The maximum Gasteiger partial charge on any atom is 0.338 e. The second kappa shape index (κ2) is 14.6. The predicted molar refractivity (Wildman–Crippen MR) is 151 cm³/mol. The number of hydrogen-bond donors (Lipinski definition) is 1. The Morgan fingerprint density at radius 1 is 0.865 bits per heavy atom. The average molecular weight is 497 g/mol. The lowest BCUT2D eigenvalue weighted by Gasteiger charge is -2.15. The first-order valence-corrected chi connectivity index (χ1v) is 12.8. The number of hydrogen-bond acceptors (Lipinski definition) is 4. The summed E-state index contributed by atoms with van der Waals surface area (Å²) in [7, 11) is 0. The third-order valence-corrected chi connectivity index (χ3v) is 5.93. The fraction of sp³-hybridized carbons (Fsp3) is 0.242. The number of esters is 1. The van der Waals surface area contributed by atoms with Gasteiger partial charge in [-0.15, -0.1) is 0 Å². The summed E-state index contributed by atoms with van der Waals surface area (Å²) in [4.78, 5) is 11.7. The highest BCUT2D eigenvalue weighted by molar-refractivity contribution is 5.87. The van der Waals surface area contributed by atoms with Gasteiger partial charge in [0.1, 0.15) is 18.3 Å². The first-order chi connectivity index (χ1) is 18.0. The molecule has 0 heterocycles. The maximum absolute atomic E-state index is 11.7. The Morgan fingerprint density at radius 3 is 2.35 bits per heavy atom. The number of aliphatic hydroxyl groups is 1. The van der Waals surface area contributed by atoms with Crippen molar-refractivity contribution in [1.29, 1.82) is 0 Å². The van der Waals surface area contributed by atoms with Crippen LogP contribution in [-0.4, -0.2) is 17.7 Å². The lowest BCUT2D eigenvalue weighted by atomic mass is 9.92. The molecule has 0 saturated heterocycles. The number of aliphatic hydroxyl groups excluding tert-OH is 1. The monoisotopic (exact) mass is 496 g/mol. The summed E-state index contributed by atoms with van der Waals surface area (Å²) in [5.41, 5.74) is 7.33. The molecule has 0 aromatic heterocycles. The SMILES string of the molecule is C=C(C)C(=O)O/C=C/Oc1cc(-c2ccc(-c3ccccc3)cc2CCC)ccc1CC/C=C/CCO. The first-order valence-electron chi connectivity index (χ1n) is 12.8. The van der Waals surface area contributed by atoms with Gasteiger partial charge in [-0.05, 0) is 72.1 Å². The lowest BCUT2D eigenvalue weighted by molar-refractivity contribution is -0.133. The number of allylic oxidation sites excluding steroid dienone is 1. The van der Waals surface area contributed by atoms with E-state index in [4.69, 9.17) is 14.6 Å². The topological polar surface area (TPSA) is 55.8 Å². The molecule has 0 spiro atoms. The molecular formula is C33H36O4. The number of aryl methyl sites for hydroxylation is 2. The largest absolute Gasteiger partial charge is 0.461 e. The van der Waals surface area contributed by atoms with Crippen LogP contribution in [0.15, 0.2) is 104 Å². The van der Waals surface area contributed by atoms with E-state index in [9.17, 15) is 4.79 Å². The van der Waals surface area contributed by atoms with Crippen molar-refractivity contribution in [2.24, 2.45) is 0 Å². The van der Waals surface area contributed by atoms with Crippen molar-refractivity contribution in [2.75, 3.05) is 6.61 Å². The van der Waals surface area contributed by atoms with E-state index in [0.29, 0.717) is 17.7 Å². The van der Waals surface area contributed by atoms with Crippen LogP contribution in [0.5, 0.6) is 5.75 Å². The molecule has 3 aromatic carbocycles. The Morgan fingerprint density at radius 2 is 1.62 bits per heavy atom. The van der Waals surface area contributed by atoms with Gasteiger partial charge in [0.05, 0.1) is 0 Å². The van der Waals surface area contributed by atoms with Gasteiger partial charge in [-0.3, -0.25) is 0 Å². The van der Waals surface area contributed by atoms with E-state index in [1.807, 2.05) is 18.2 Å². The zero-order valence-electron chi connectivity index (χ0n) is 21.8. The third kappa shape index (κ3) is 8.33. The van der Waals surface area contributed by atoms with Crippen LogP contribution in [0.3, 0.4) is 0 Å². The van der Waals surface area contributed by atoms with Gasteiger partial charge in [0.15, 0.2) is 0 Å². The highest BCUT2D eigenvalue weighted by atomic mass is 16.5. The molecule has 192 valence electrons. The standard InChI is InChI=1S/C33H36O4/c1-4-12-29-23-28(26-13-9-7-10-14-26)18-19-31(29)30-17-16-27(15-8-5-6-11-20-34)32(24-30)36-21-22-37-33(35)25(2)3/h5-7,9-10,13-14,16-19,21-24,34H,2,4,8,11-12,15,20H2,1,3H3/b6-5+,22-21+. The van der Waals surface area contributed by atoms with Gasteiger partial charge in [-0.25, -0.2) is 4.79 Å². The van der Waals surface area contributed by atoms with Crippen LogP contribution < -0.4 is 4.74 Å². The Hall–Kier alpha value is -3.89. The van der Waals surface area contributed by atoms with Crippen molar-refractivity contribution in [3.63, 3.8) is 0 Å². The van der Waals surface area contributed by atoms with Gasteiger partial charge < -0.3 is 14.6 Å². The molecule has 0 unspecified atom stereocenters. The number of ether oxygens (including phenoxy) is 2. The van der Waals surface area contributed by atoms with Gasteiger partial charge in [-0.1, -0.05) is 92.7 Å². The van der Waals surface area contributed by atoms with Crippen LogP contribution in [0.25, 0.3) is 22.3 Å². The van der Waals surface area contributed by atoms with Crippen molar-refractivity contribution in [2.45, 2.75) is 46.0 Å². The van der Waals surface area contributed by atoms with E-state index in [2.05, 4.69) is 74.2 Å². The van der Waals surface area contributed by atoms with Crippen LogP contribution in [0, 0.1) is 0 Å². The van der Waals surface area contributed by atoms with Crippen LogP contribution in [0.2, 0.25) is 0 Å². The minimum atomic E-state index is -0.495. The first kappa shape index (κ1) is 27.7. The fourth-order valence-electron chi connectivity index (χ4n) is 4.04. The molecule has 37 heavy (non-hydrogen) atoms. The van der Waals surface area contributed by atoms with E-state index >= 15 is 0 Å². The zero-order valence-corrected chi connectivity index (χ0v) is 21.8. The molecule has 0 aliphatic carbocycles. The number of carbonyl (C=O) groups excluding carboxylic acids is 1. The molecule has 0 bridgehead atoms. The summed E-state index contributed by atoms with van der Waals surface area (Å²) in [6.45, 7) is 7.52. The third-order valence-electron chi connectivity index (χ3n) is 5.93. The van der Waals surface area contributed by atoms with E-state index < -0.39 is 5.97 Å². The Balaban J connectivity index is 1.91. The molecule has 0 fully saturated rings. The number of benzene rings is 3. The molecule has 0 saturated carbocycles. The molecule has 0 radical (unpaired) electrons. The van der Waals surface area contributed by atoms with E-state index in [0.717, 1.165) is 36.8 Å². The summed E-state index contributed by atoms with van der Waals surface area (Å²) in [5.74, 6) is 0.218. The highest BCUT2D eigenvalue weighted by Crippen LogP contribution is 2.33. The second-order valence-electron chi connectivity index (χ2n) is 8.91. The Labute approximate surface area is 220 Å². The molecule has 0 amide bonds. The van der Waals surface area contributed by atoms with Crippen LogP contribution in [0.4, 0.5) is 0 Å². The quantitative estimate of drug-likeness (QED) is 0.113. The van der Waals surface area contributed by atoms with Crippen LogP contribution in [0.1, 0.15) is 44.2 Å². The molecule has 3 aromatic rings. The Kier molecular flexibility index (Phi) is 10.9. The fourth-order valence-corrected chi connectivity index (χ4v) is 4.04. The molecule has 4 heteroatoms. The van der Waals surface area contributed by atoms with Gasteiger partial charge in [0.2, 0.25) is 0 Å². The molecule has 0 aliphatic rings. The maximum atomic E-state index is 11.7. The number of carbonyl (C=O) groups is 1.